The summed E-state index contributed by atoms with van der Waals surface area (Å²) in [4.78, 5) is 20.6. The van der Waals surface area contributed by atoms with E-state index in [1.54, 1.807) is 24.4 Å². The third-order valence-corrected chi connectivity index (χ3v) is 5.12. The van der Waals surface area contributed by atoms with Crippen molar-refractivity contribution in [2.24, 2.45) is 0 Å². The molecule has 9 heteroatoms. The number of hydrogen-bond donors (Lipinski definition) is 2. The second-order valence-electron chi connectivity index (χ2n) is 9.01. The van der Waals surface area contributed by atoms with Crippen LogP contribution in [0.5, 0.6) is 0 Å². The number of hydrogen-bond acceptors (Lipinski definition) is 4. The van der Waals surface area contributed by atoms with Gasteiger partial charge in [0.2, 0.25) is 0 Å². The molecule has 0 spiro atoms. The number of carbonyl (C=O) groups is 1. The minimum atomic E-state index is -4.35. The van der Waals surface area contributed by atoms with Gasteiger partial charge in [-0.3, -0.25) is 4.90 Å². The van der Waals surface area contributed by atoms with E-state index in [1.165, 1.54) is 6.07 Å². The number of carbonyl (C=O) groups excluding carboxylic acids is 1. The van der Waals surface area contributed by atoms with Gasteiger partial charge in [0.25, 0.3) is 0 Å². The average molecular weight is 450 g/mol. The second-order valence-corrected chi connectivity index (χ2v) is 9.01. The molecule has 1 saturated heterocycles. The summed E-state index contributed by atoms with van der Waals surface area (Å²) < 4.78 is 39.9. The van der Waals surface area contributed by atoms with Crippen LogP contribution in [0.25, 0.3) is 0 Å². The summed E-state index contributed by atoms with van der Waals surface area (Å²) >= 11 is 0. The Balaban J connectivity index is 1.58. The summed E-state index contributed by atoms with van der Waals surface area (Å²) in [5.41, 5.74) is -0.0108. The van der Waals surface area contributed by atoms with Crippen LogP contribution >= 0.6 is 0 Å². The van der Waals surface area contributed by atoms with Crippen molar-refractivity contribution >= 4 is 17.5 Å². The van der Waals surface area contributed by atoms with Gasteiger partial charge < -0.3 is 15.5 Å². The zero-order valence-electron chi connectivity index (χ0n) is 18.7. The number of benzene rings is 1. The number of amides is 2. The van der Waals surface area contributed by atoms with E-state index >= 15 is 0 Å². The summed E-state index contributed by atoms with van der Waals surface area (Å²) in [6.07, 6.45) is -1.92. The summed E-state index contributed by atoms with van der Waals surface area (Å²) in [7, 11) is 0. The molecule has 2 aromatic rings. The zero-order valence-corrected chi connectivity index (χ0v) is 18.7. The van der Waals surface area contributed by atoms with Crippen LogP contribution in [0.2, 0.25) is 0 Å². The molecule has 2 N–H and O–H groups in total. The number of nitrogens with one attached hydrogen (secondary N) is 2. The zero-order chi connectivity index (χ0) is 23.4. The molecule has 3 rings (SSSR count). The van der Waals surface area contributed by atoms with Crippen molar-refractivity contribution < 1.29 is 18.0 Å². The highest BCUT2D eigenvalue weighted by molar-refractivity contribution is 5.89. The van der Waals surface area contributed by atoms with E-state index in [-0.39, 0.29) is 18.1 Å². The van der Waals surface area contributed by atoms with Gasteiger partial charge in [-0.15, -0.1) is 0 Å². The fourth-order valence-electron chi connectivity index (χ4n) is 3.68. The Morgan fingerprint density at radius 2 is 1.78 bits per heavy atom. The van der Waals surface area contributed by atoms with E-state index in [9.17, 15) is 18.0 Å². The Hall–Kier alpha value is -2.81. The molecular formula is C23H30F3N5O. The molecule has 1 aromatic heterocycles. The van der Waals surface area contributed by atoms with Gasteiger partial charge in [-0.2, -0.15) is 13.2 Å². The van der Waals surface area contributed by atoms with Crippen molar-refractivity contribution in [2.75, 3.05) is 36.4 Å². The van der Waals surface area contributed by atoms with Crippen LogP contribution in [0.4, 0.5) is 29.5 Å². The number of alkyl halides is 3. The predicted molar refractivity (Wildman–Crippen MR) is 120 cm³/mol. The van der Waals surface area contributed by atoms with Gasteiger partial charge in [0.05, 0.1) is 17.4 Å². The number of halogens is 3. The van der Waals surface area contributed by atoms with E-state index in [0.29, 0.717) is 24.3 Å². The Labute approximate surface area is 186 Å². The number of pyridine rings is 1. The van der Waals surface area contributed by atoms with Gasteiger partial charge in [-0.25, -0.2) is 9.78 Å². The van der Waals surface area contributed by atoms with Crippen molar-refractivity contribution in [3.8, 4) is 0 Å². The van der Waals surface area contributed by atoms with Crippen LogP contribution in [0, 0.1) is 0 Å². The lowest BCUT2D eigenvalue weighted by molar-refractivity contribution is -0.138. The molecule has 0 bridgehead atoms. The van der Waals surface area contributed by atoms with Crippen LogP contribution in [-0.2, 0) is 12.7 Å². The molecular weight excluding hydrogens is 419 g/mol. The minimum absolute atomic E-state index is 0.267. The first kappa shape index (κ1) is 23.8. The fourth-order valence-corrected chi connectivity index (χ4v) is 3.68. The van der Waals surface area contributed by atoms with E-state index in [1.807, 2.05) is 26.8 Å². The molecule has 0 radical (unpaired) electrons. The monoisotopic (exact) mass is 449 g/mol. The molecule has 2 amide bonds. The second kappa shape index (κ2) is 9.77. The van der Waals surface area contributed by atoms with Crippen molar-refractivity contribution in [1.29, 1.82) is 0 Å². The standard InChI is InChI=1S/C23H30F3N5O/c1-22(2,3)29-21(32)28-18-9-10-20(27-15-18)31-12-6-11-30(13-14-31)16-17-7-4-5-8-19(17)23(24,25)26/h4-5,7-10,15H,6,11-14,16H2,1-3H3,(H2,28,29,32). The number of rotatable bonds is 4. The number of nitrogens with zero attached hydrogens (tertiary/aromatic N) is 3. The van der Waals surface area contributed by atoms with Gasteiger partial charge >= 0.3 is 12.2 Å². The highest BCUT2D eigenvalue weighted by Crippen LogP contribution is 2.32. The first-order valence-electron chi connectivity index (χ1n) is 10.7. The maximum atomic E-state index is 13.3. The maximum Gasteiger partial charge on any atom is 0.416 e. The summed E-state index contributed by atoms with van der Waals surface area (Å²) in [6, 6.07) is 9.11. The molecule has 2 heterocycles. The van der Waals surface area contributed by atoms with Gasteiger partial charge in [0.15, 0.2) is 0 Å². The predicted octanol–water partition coefficient (Wildman–Crippen LogP) is 4.73. The third-order valence-electron chi connectivity index (χ3n) is 5.12. The Morgan fingerprint density at radius 1 is 1.03 bits per heavy atom. The molecule has 1 aliphatic rings. The molecule has 0 atom stereocenters. The average Bonchev–Trinajstić information content (AvgIpc) is 2.92. The van der Waals surface area contributed by atoms with Crippen molar-refractivity contribution in [2.45, 2.75) is 45.5 Å². The van der Waals surface area contributed by atoms with E-state index in [4.69, 9.17) is 0 Å². The smallest absolute Gasteiger partial charge is 0.355 e. The normalized spacial score (nSPS) is 15.9. The van der Waals surface area contributed by atoms with E-state index in [0.717, 1.165) is 31.4 Å². The minimum Gasteiger partial charge on any atom is -0.355 e. The number of anilines is 2. The third kappa shape index (κ3) is 6.85. The van der Waals surface area contributed by atoms with Crippen LogP contribution in [0.3, 0.4) is 0 Å². The lowest BCUT2D eigenvalue weighted by atomic mass is 10.1. The molecule has 0 aliphatic carbocycles. The summed E-state index contributed by atoms with van der Waals surface area (Å²) in [5.74, 6) is 0.782. The SMILES string of the molecule is CC(C)(C)NC(=O)Nc1ccc(N2CCCN(Cc3ccccc3C(F)(F)F)CC2)nc1. The number of urea groups is 1. The van der Waals surface area contributed by atoms with Crippen molar-refractivity contribution in [1.82, 2.24) is 15.2 Å². The van der Waals surface area contributed by atoms with Gasteiger partial charge in [-0.1, -0.05) is 18.2 Å². The quantitative estimate of drug-likeness (QED) is 0.708. The molecule has 1 aromatic carbocycles. The van der Waals surface area contributed by atoms with Crippen LogP contribution in [-0.4, -0.2) is 47.6 Å². The summed E-state index contributed by atoms with van der Waals surface area (Å²) in [6.45, 7) is 8.76. The number of aromatic nitrogens is 1. The molecule has 6 nitrogen and oxygen atoms in total. The maximum absolute atomic E-state index is 13.3. The Morgan fingerprint density at radius 3 is 2.44 bits per heavy atom. The van der Waals surface area contributed by atoms with E-state index < -0.39 is 11.7 Å². The molecule has 0 unspecified atom stereocenters. The van der Waals surface area contributed by atoms with Crippen LogP contribution in [0.15, 0.2) is 42.6 Å². The molecule has 1 aliphatic heterocycles. The van der Waals surface area contributed by atoms with Crippen LogP contribution < -0.4 is 15.5 Å². The molecule has 174 valence electrons. The highest BCUT2D eigenvalue weighted by atomic mass is 19.4. The van der Waals surface area contributed by atoms with E-state index in [2.05, 4.69) is 25.4 Å². The fraction of sp³-hybridized carbons (Fsp3) is 0.478. The summed E-state index contributed by atoms with van der Waals surface area (Å²) in [5, 5.41) is 5.59. The lowest BCUT2D eigenvalue weighted by Gasteiger charge is -2.24. The molecule has 0 saturated carbocycles. The van der Waals surface area contributed by atoms with Crippen molar-refractivity contribution in [3.05, 3.63) is 53.7 Å². The molecule has 32 heavy (non-hydrogen) atoms. The first-order chi connectivity index (χ1) is 15.0. The molecule has 1 fully saturated rings. The highest BCUT2D eigenvalue weighted by Gasteiger charge is 2.33. The van der Waals surface area contributed by atoms with Crippen LogP contribution in [0.1, 0.15) is 38.3 Å². The first-order valence-corrected chi connectivity index (χ1v) is 10.7. The van der Waals surface area contributed by atoms with Gasteiger partial charge in [0.1, 0.15) is 5.82 Å². The Bertz CT molecular complexity index is 909. The van der Waals surface area contributed by atoms with Crippen molar-refractivity contribution in [3.63, 3.8) is 0 Å². The lowest BCUT2D eigenvalue weighted by Crippen LogP contribution is -2.43. The topological polar surface area (TPSA) is 60.5 Å². The van der Waals surface area contributed by atoms with Gasteiger partial charge in [-0.05, 0) is 51.0 Å². The largest absolute Gasteiger partial charge is 0.416 e. The Kier molecular flexibility index (Phi) is 7.28. The van der Waals surface area contributed by atoms with Gasteiger partial charge in [0, 0.05) is 38.3 Å².